The number of ether oxygens (including phenoxy) is 1. The molecule has 0 aromatic carbocycles. The summed E-state index contributed by atoms with van der Waals surface area (Å²) in [6, 6.07) is 2.01. The number of hydrogen-bond donors (Lipinski definition) is 0. The van der Waals surface area contributed by atoms with Gasteiger partial charge in [0.15, 0.2) is 9.84 Å². The Morgan fingerprint density at radius 2 is 2.00 bits per heavy atom. The Bertz CT molecular complexity index is 455. The van der Waals surface area contributed by atoms with E-state index in [-0.39, 0.29) is 0 Å². The van der Waals surface area contributed by atoms with Crippen LogP contribution in [0.25, 0.3) is 0 Å². The van der Waals surface area contributed by atoms with Gasteiger partial charge in [0.2, 0.25) is 0 Å². The van der Waals surface area contributed by atoms with Crippen LogP contribution >= 0.6 is 0 Å². The monoisotopic (exact) mass is 273 g/mol. The first-order valence-electron chi connectivity index (χ1n) is 5.99. The molecule has 2 atom stereocenters. The van der Waals surface area contributed by atoms with E-state index < -0.39 is 38.3 Å². The summed E-state index contributed by atoms with van der Waals surface area (Å²) in [5.41, 5.74) is -0.698. The number of sulfone groups is 1. The smallest absolute Gasteiger partial charge is 0.321 e. The second kappa shape index (κ2) is 5.27. The fourth-order valence-electron chi connectivity index (χ4n) is 2.15. The fourth-order valence-corrected chi connectivity index (χ4v) is 3.97. The summed E-state index contributed by atoms with van der Waals surface area (Å²) < 4.78 is 29.1. The number of carbonyl (C=O) groups excluding carboxylic acids is 1. The Balaban J connectivity index is 2.71. The average Bonchev–Trinajstić information content (AvgIpc) is 2.61. The van der Waals surface area contributed by atoms with Gasteiger partial charge in [0.1, 0.15) is 11.4 Å². The lowest BCUT2D eigenvalue weighted by molar-refractivity contribution is -0.151. The van der Waals surface area contributed by atoms with E-state index in [1.54, 1.807) is 20.8 Å². The van der Waals surface area contributed by atoms with Crippen molar-refractivity contribution in [2.24, 2.45) is 5.92 Å². The number of rotatable bonds is 3. The van der Waals surface area contributed by atoms with Gasteiger partial charge in [-0.3, -0.25) is 4.79 Å². The highest BCUT2D eigenvalue weighted by Gasteiger charge is 2.39. The number of nitrogens with zero attached hydrogens (tertiary/aromatic N) is 1. The van der Waals surface area contributed by atoms with Crippen molar-refractivity contribution in [1.29, 1.82) is 5.26 Å². The SMILES string of the molecule is CC(C)(C)OC(=O)CS(=O)(=O)C1CCCC1C#N. The maximum absolute atomic E-state index is 12.0. The maximum atomic E-state index is 12.0. The molecule has 0 N–H and O–H groups in total. The van der Waals surface area contributed by atoms with Gasteiger partial charge in [0.25, 0.3) is 0 Å². The van der Waals surface area contributed by atoms with Crippen LogP contribution in [0.15, 0.2) is 0 Å². The number of hydrogen-bond acceptors (Lipinski definition) is 5. The molecule has 5 nitrogen and oxygen atoms in total. The molecule has 0 saturated heterocycles. The molecule has 1 rings (SSSR count). The van der Waals surface area contributed by atoms with Gasteiger partial charge in [-0.15, -0.1) is 0 Å². The summed E-state index contributed by atoms with van der Waals surface area (Å²) in [6.45, 7) is 5.06. The largest absolute Gasteiger partial charge is 0.459 e. The molecule has 1 aliphatic carbocycles. The number of nitriles is 1. The normalized spacial score (nSPS) is 24.6. The molecule has 0 bridgehead atoms. The highest BCUT2D eigenvalue weighted by atomic mass is 32.2. The van der Waals surface area contributed by atoms with Crippen LogP contribution in [0.4, 0.5) is 0 Å². The quantitative estimate of drug-likeness (QED) is 0.726. The lowest BCUT2D eigenvalue weighted by Gasteiger charge is -2.20. The number of carbonyl (C=O) groups is 1. The lowest BCUT2D eigenvalue weighted by atomic mass is 10.1. The van der Waals surface area contributed by atoms with Crippen molar-refractivity contribution in [3.05, 3.63) is 0 Å². The van der Waals surface area contributed by atoms with E-state index in [2.05, 4.69) is 0 Å². The Hall–Kier alpha value is -1.09. The van der Waals surface area contributed by atoms with Gasteiger partial charge in [0.05, 0.1) is 17.2 Å². The molecule has 0 amide bonds. The van der Waals surface area contributed by atoms with Crippen LogP contribution in [0.3, 0.4) is 0 Å². The van der Waals surface area contributed by atoms with Crippen molar-refractivity contribution in [2.75, 3.05) is 5.75 Å². The predicted molar refractivity (Wildman–Crippen MR) is 66.4 cm³/mol. The van der Waals surface area contributed by atoms with Gasteiger partial charge in [-0.1, -0.05) is 6.42 Å². The molecular formula is C12H19NO4S. The summed E-state index contributed by atoms with van der Waals surface area (Å²) in [5.74, 6) is -1.86. The first-order chi connectivity index (χ1) is 8.15. The van der Waals surface area contributed by atoms with Gasteiger partial charge >= 0.3 is 5.97 Å². The third-order valence-corrected chi connectivity index (χ3v) is 4.94. The van der Waals surface area contributed by atoms with Gasteiger partial charge in [-0.25, -0.2) is 8.42 Å². The van der Waals surface area contributed by atoms with E-state index in [9.17, 15) is 13.2 Å². The van der Waals surface area contributed by atoms with Crippen LogP contribution in [0.1, 0.15) is 40.0 Å². The third kappa shape index (κ3) is 3.98. The van der Waals surface area contributed by atoms with Crippen LogP contribution < -0.4 is 0 Å². The molecule has 18 heavy (non-hydrogen) atoms. The Morgan fingerprint density at radius 1 is 1.39 bits per heavy atom. The zero-order valence-electron chi connectivity index (χ0n) is 11.0. The molecule has 0 aliphatic heterocycles. The highest BCUT2D eigenvalue weighted by molar-refractivity contribution is 7.92. The molecule has 0 spiro atoms. The Morgan fingerprint density at radius 3 is 2.50 bits per heavy atom. The van der Waals surface area contributed by atoms with Crippen LogP contribution in [0.2, 0.25) is 0 Å². The minimum absolute atomic E-state index is 0.462. The van der Waals surface area contributed by atoms with Crippen LogP contribution in [0, 0.1) is 17.2 Å². The van der Waals surface area contributed by atoms with Crippen LogP contribution in [-0.2, 0) is 19.4 Å². The van der Waals surface area contributed by atoms with E-state index in [1.165, 1.54) is 0 Å². The van der Waals surface area contributed by atoms with E-state index in [0.717, 1.165) is 6.42 Å². The zero-order chi connectivity index (χ0) is 14.0. The van der Waals surface area contributed by atoms with Crippen LogP contribution in [0.5, 0.6) is 0 Å². The molecule has 6 heteroatoms. The van der Waals surface area contributed by atoms with Gasteiger partial charge in [0, 0.05) is 0 Å². The molecule has 0 aromatic rings. The van der Waals surface area contributed by atoms with Crippen molar-refractivity contribution < 1.29 is 17.9 Å². The first kappa shape index (κ1) is 15.0. The maximum Gasteiger partial charge on any atom is 0.321 e. The molecule has 0 heterocycles. The van der Waals surface area contributed by atoms with E-state index >= 15 is 0 Å². The van der Waals surface area contributed by atoms with E-state index in [0.29, 0.717) is 12.8 Å². The van der Waals surface area contributed by atoms with E-state index in [4.69, 9.17) is 10.00 Å². The minimum Gasteiger partial charge on any atom is -0.459 e. The average molecular weight is 273 g/mol. The summed E-state index contributed by atoms with van der Waals surface area (Å²) in [4.78, 5) is 11.5. The van der Waals surface area contributed by atoms with Crippen molar-refractivity contribution in [3.63, 3.8) is 0 Å². The van der Waals surface area contributed by atoms with Crippen molar-refractivity contribution in [2.45, 2.75) is 50.9 Å². The Kier molecular flexibility index (Phi) is 4.38. The standard InChI is InChI=1S/C12H19NO4S/c1-12(2,3)17-11(14)8-18(15,16)10-6-4-5-9(10)7-13/h9-10H,4-6,8H2,1-3H3. The highest BCUT2D eigenvalue weighted by Crippen LogP contribution is 2.31. The summed E-state index contributed by atoms with van der Waals surface area (Å²) in [7, 11) is -3.59. The zero-order valence-corrected chi connectivity index (χ0v) is 11.8. The fraction of sp³-hybridized carbons (Fsp3) is 0.833. The molecular weight excluding hydrogens is 254 g/mol. The minimum atomic E-state index is -3.59. The third-order valence-electron chi connectivity index (χ3n) is 2.82. The molecule has 0 aromatic heterocycles. The van der Waals surface area contributed by atoms with Crippen LogP contribution in [-0.4, -0.2) is 31.0 Å². The van der Waals surface area contributed by atoms with Crippen molar-refractivity contribution in [3.8, 4) is 6.07 Å². The molecule has 2 unspecified atom stereocenters. The molecule has 0 radical (unpaired) electrons. The number of esters is 1. The summed E-state index contributed by atoms with van der Waals surface area (Å²) in [6.07, 6.45) is 1.77. The topological polar surface area (TPSA) is 84.2 Å². The molecule has 1 fully saturated rings. The van der Waals surface area contributed by atoms with Gasteiger partial charge < -0.3 is 4.74 Å². The molecule has 102 valence electrons. The van der Waals surface area contributed by atoms with Gasteiger partial charge in [-0.05, 0) is 33.6 Å². The second-order valence-electron chi connectivity index (χ2n) is 5.60. The summed E-state index contributed by atoms with van der Waals surface area (Å²) >= 11 is 0. The Labute approximate surface area is 108 Å². The van der Waals surface area contributed by atoms with Crippen molar-refractivity contribution >= 4 is 15.8 Å². The van der Waals surface area contributed by atoms with Crippen molar-refractivity contribution in [1.82, 2.24) is 0 Å². The lowest BCUT2D eigenvalue weighted by Crippen LogP contribution is -2.34. The predicted octanol–water partition coefficient (Wildman–Crippen LogP) is 1.44. The summed E-state index contributed by atoms with van der Waals surface area (Å²) in [5, 5.41) is 8.18. The van der Waals surface area contributed by atoms with E-state index in [1.807, 2.05) is 6.07 Å². The second-order valence-corrected chi connectivity index (χ2v) is 7.82. The first-order valence-corrected chi connectivity index (χ1v) is 7.70. The molecule has 1 aliphatic rings. The van der Waals surface area contributed by atoms with Gasteiger partial charge in [-0.2, -0.15) is 5.26 Å². The molecule has 1 saturated carbocycles.